The largest absolute Gasteiger partial charge is 1.00 e. The van der Waals surface area contributed by atoms with Crippen molar-refractivity contribution in [1.82, 2.24) is 9.77 Å². The minimum Gasteiger partial charge on any atom is -1.00 e. The van der Waals surface area contributed by atoms with Gasteiger partial charge in [-0.3, -0.25) is 4.79 Å². The van der Waals surface area contributed by atoms with Crippen LogP contribution < -0.4 is 26.5 Å². The Kier molecular flexibility index (Phi) is 6.90. The molecule has 0 aliphatic carbocycles. The lowest BCUT2D eigenvalue weighted by Crippen LogP contribution is -3.00. The molecule has 0 radical (unpaired) electrons. The Bertz CT molecular complexity index is 1030. The van der Waals surface area contributed by atoms with E-state index in [9.17, 15) is 13.2 Å². The average molecular weight is 516 g/mol. The topological polar surface area (TPSA) is 84.9 Å². The molecule has 0 spiro atoms. The van der Waals surface area contributed by atoms with Gasteiger partial charge in [-0.05, 0) is 36.3 Å². The first-order valence-electron chi connectivity index (χ1n) is 7.65. The summed E-state index contributed by atoms with van der Waals surface area (Å²) < 4.78 is 28.2. The third kappa shape index (κ3) is 5.47. The summed E-state index contributed by atoms with van der Waals surface area (Å²) in [6, 6.07) is 13.5. The van der Waals surface area contributed by atoms with Crippen LogP contribution in [0.15, 0.2) is 70.6 Å². The predicted molar refractivity (Wildman–Crippen MR) is 98.6 cm³/mol. The highest BCUT2D eigenvalue weighted by molar-refractivity contribution is 9.10. The maximum absolute atomic E-state index is 12.4. The summed E-state index contributed by atoms with van der Waals surface area (Å²) in [5.74, 6) is -0.130. The van der Waals surface area contributed by atoms with Crippen LogP contribution in [0, 0.1) is 6.92 Å². The van der Waals surface area contributed by atoms with Crippen molar-refractivity contribution in [2.45, 2.75) is 18.4 Å². The number of nitrogens with zero attached hydrogens (tertiary/aromatic N) is 3. The van der Waals surface area contributed by atoms with Crippen LogP contribution in [0.5, 0.6) is 0 Å². The molecule has 0 atom stereocenters. The fraction of sp³-hybridized carbons (Fsp3) is 0.118. The van der Waals surface area contributed by atoms with Crippen LogP contribution in [-0.2, 0) is 16.6 Å². The van der Waals surface area contributed by atoms with Gasteiger partial charge in [-0.25, -0.2) is 0 Å². The molecular weight excluding hydrogens is 500 g/mol. The van der Waals surface area contributed by atoms with Crippen molar-refractivity contribution in [1.29, 1.82) is 0 Å². The monoisotopic (exact) mass is 514 g/mol. The number of carbonyl (C=O) groups excluding carboxylic acids is 1. The summed E-state index contributed by atoms with van der Waals surface area (Å²) in [4.78, 5) is 14.8. The third-order valence-corrected chi connectivity index (χ3v) is 5.48. The molecule has 27 heavy (non-hydrogen) atoms. The van der Waals surface area contributed by atoms with Crippen molar-refractivity contribution in [3.05, 3.63) is 76.8 Å². The van der Waals surface area contributed by atoms with E-state index in [2.05, 4.69) is 25.9 Å². The van der Waals surface area contributed by atoms with Gasteiger partial charge in [0.05, 0.1) is 4.90 Å². The maximum Gasteiger partial charge on any atom is 0.290 e. The van der Waals surface area contributed by atoms with Gasteiger partial charge in [0.25, 0.3) is 16.4 Å². The molecule has 0 fully saturated rings. The van der Waals surface area contributed by atoms with Crippen molar-refractivity contribution in [3.8, 4) is 0 Å². The highest BCUT2D eigenvalue weighted by atomic mass is 79.9. The molecule has 1 aromatic heterocycles. The van der Waals surface area contributed by atoms with Crippen LogP contribution in [0.25, 0.3) is 0 Å². The molecule has 0 saturated heterocycles. The fourth-order valence-corrected chi connectivity index (χ4v) is 3.47. The molecule has 7 nitrogen and oxygen atoms in total. The molecule has 2 aromatic carbocycles. The standard InChI is InChI=1S/C17H16BrN4O3S.BrH/c1-13-2-8-16(9-3-13)26(24,25)20-22-11-19-21(12-22)10-17(23)14-4-6-15(18)7-5-14;/h2-9,11-12,20H,10H2,1H3;1H/q+1;/p-1. The number of nitrogens with one attached hydrogen (secondary N) is 1. The Hall–Kier alpha value is -2.04. The number of carbonyl (C=O) groups is 1. The fourth-order valence-electron chi connectivity index (χ4n) is 2.24. The van der Waals surface area contributed by atoms with Crippen LogP contribution >= 0.6 is 15.9 Å². The number of Topliss-reactive ketones (excluding diaryl/α,β-unsaturated/α-hetero) is 1. The molecule has 1 N–H and O–H groups in total. The highest BCUT2D eigenvalue weighted by Gasteiger charge is 2.19. The minimum atomic E-state index is -3.73. The molecule has 0 aliphatic rings. The number of benzene rings is 2. The van der Waals surface area contributed by atoms with Crippen LogP contribution in [0.1, 0.15) is 15.9 Å². The van der Waals surface area contributed by atoms with E-state index in [0.29, 0.717) is 5.56 Å². The van der Waals surface area contributed by atoms with E-state index >= 15 is 0 Å². The van der Waals surface area contributed by atoms with Gasteiger partial charge < -0.3 is 17.0 Å². The van der Waals surface area contributed by atoms with E-state index in [4.69, 9.17) is 0 Å². The van der Waals surface area contributed by atoms with Crippen molar-refractivity contribution < 1.29 is 34.9 Å². The summed E-state index contributed by atoms with van der Waals surface area (Å²) in [6.45, 7) is 1.88. The number of aryl methyl sites for hydroxylation is 1. The number of hydrogen-bond acceptors (Lipinski definition) is 4. The van der Waals surface area contributed by atoms with Gasteiger partial charge in [0.1, 0.15) is 0 Å². The lowest BCUT2D eigenvalue weighted by atomic mass is 10.1. The Balaban J connectivity index is 0.00000261. The second-order valence-corrected chi connectivity index (χ2v) is 8.27. The molecule has 0 saturated carbocycles. The molecule has 0 aliphatic heterocycles. The van der Waals surface area contributed by atoms with E-state index in [1.165, 1.54) is 34.1 Å². The zero-order valence-corrected chi connectivity index (χ0v) is 18.2. The van der Waals surface area contributed by atoms with Gasteiger partial charge in [0.2, 0.25) is 12.1 Å². The zero-order chi connectivity index (χ0) is 18.7. The van der Waals surface area contributed by atoms with Gasteiger partial charge in [-0.15, -0.1) is 14.2 Å². The van der Waals surface area contributed by atoms with Crippen LogP contribution in [-0.4, -0.2) is 24.0 Å². The lowest BCUT2D eigenvalue weighted by molar-refractivity contribution is -0.739. The number of rotatable bonds is 6. The zero-order valence-electron chi connectivity index (χ0n) is 14.2. The van der Waals surface area contributed by atoms with E-state index in [1.807, 2.05) is 6.92 Å². The number of aromatic nitrogens is 3. The lowest BCUT2D eigenvalue weighted by Gasteiger charge is -2.03. The van der Waals surface area contributed by atoms with E-state index in [-0.39, 0.29) is 34.2 Å². The van der Waals surface area contributed by atoms with Crippen molar-refractivity contribution in [2.75, 3.05) is 4.83 Å². The summed E-state index contributed by atoms with van der Waals surface area (Å²) in [5.41, 5.74) is 1.52. The summed E-state index contributed by atoms with van der Waals surface area (Å²) >= 11 is 3.32. The normalized spacial score (nSPS) is 10.9. The van der Waals surface area contributed by atoms with Crippen molar-refractivity contribution in [2.24, 2.45) is 0 Å². The molecule has 0 amide bonds. The molecule has 10 heteroatoms. The Morgan fingerprint density at radius 1 is 1.15 bits per heavy atom. The van der Waals surface area contributed by atoms with Gasteiger partial charge in [-0.2, -0.15) is 8.42 Å². The van der Waals surface area contributed by atoms with Crippen molar-refractivity contribution >= 4 is 31.7 Å². The maximum atomic E-state index is 12.4. The quantitative estimate of drug-likeness (QED) is 0.339. The molecule has 1 heterocycles. The van der Waals surface area contributed by atoms with Crippen molar-refractivity contribution in [3.63, 3.8) is 0 Å². The first-order valence-corrected chi connectivity index (χ1v) is 9.93. The molecule has 3 aromatic rings. The van der Waals surface area contributed by atoms with Crippen LogP contribution in [0.3, 0.4) is 0 Å². The summed E-state index contributed by atoms with van der Waals surface area (Å²) in [6.07, 6.45) is 2.70. The number of hydrogen-bond donors (Lipinski definition) is 1. The summed E-state index contributed by atoms with van der Waals surface area (Å²) in [5, 5.41) is 4.01. The molecule has 0 bridgehead atoms. The first kappa shape index (κ1) is 21.3. The number of sulfonamides is 1. The number of ketones is 1. The number of halogens is 2. The van der Waals surface area contributed by atoms with Crippen LogP contribution in [0.4, 0.5) is 0 Å². The third-order valence-electron chi connectivity index (χ3n) is 3.61. The van der Waals surface area contributed by atoms with Crippen LogP contribution in [0.2, 0.25) is 0 Å². The molecule has 142 valence electrons. The second kappa shape index (κ2) is 8.77. The minimum absolute atomic E-state index is 0. The Morgan fingerprint density at radius 2 is 1.78 bits per heavy atom. The second-order valence-electron chi connectivity index (χ2n) is 5.69. The Labute approximate surface area is 175 Å². The van der Waals surface area contributed by atoms with E-state index in [1.54, 1.807) is 36.4 Å². The average Bonchev–Trinajstić information content (AvgIpc) is 3.02. The molecule has 0 unspecified atom stereocenters. The first-order chi connectivity index (χ1) is 12.3. The highest BCUT2D eigenvalue weighted by Crippen LogP contribution is 2.11. The van der Waals surface area contributed by atoms with Gasteiger partial charge >= 0.3 is 0 Å². The molecule has 3 rings (SSSR count). The van der Waals surface area contributed by atoms with E-state index in [0.717, 1.165) is 10.0 Å². The van der Waals surface area contributed by atoms with E-state index < -0.39 is 10.0 Å². The predicted octanol–water partition coefficient (Wildman–Crippen LogP) is -0.939. The van der Waals surface area contributed by atoms with Gasteiger partial charge in [0.15, 0.2) is 6.54 Å². The van der Waals surface area contributed by atoms with Gasteiger partial charge in [-0.1, -0.05) is 45.8 Å². The summed E-state index contributed by atoms with van der Waals surface area (Å²) in [7, 11) is -3.73. The Morgan fingerprint density at radius 3 is 2.41 bits per heavy atom. The van der Waals surface area contributed by atoms with Gasteiger partial charge in [0, 0.05) is 10.0 Å². The molecular formula is C17H16Br2N4O3S. The smallest absolute Gasteiger partial charge is 0.290 e. The SMILES string of the molecule is Cc1ccc(S(=O)(=O)Nn2cn[n+](CC(=O)c3ccc(Br)cc3)c2)cc1.[Br-].